The molecule has 0 heterocycles. The van der Waals surface area contributed by atoms with Crippen molar-refractivity contribution in [3.05, 3.63) is 69.7 Å². The molecule has 0 aliphatic rings. The number of para-hydroxylation sites is 1. The molecule has 0 bridgehead atoms. The number of hydrogen-bond acceptors (Lipinski definition) is 3. The molecule has 0 aliphatic carbocycles. The molecule has 0 unspecified atom stereocenters. The smallest absolute Gasteiger partial charge is 0.331 e. The molecular formula is C20H19Cl2NO3. The first-order valence-electron chi connectivity index (χ1n) is 8.05. The third kappa shape index (κ3) is 5.90. The fourth-order valence-corrected chi connectivity index (χ4v) is 2.57. The van der Waals surface area contributed by atoms with Crippen molar-refractivity contribution < 1.29 is 14.3 Å². The van der Waals surface area contributed by atoms with Gasteiger partial charge in [0.25, 0.3) is 5.91 Å². The van der Waals surface area contributed by atoms with Gasteiger partial charge in [0.05, 0.1) is 10.0 Å². The molecule has 0 fully saturated rings. The van der Waals surface area contributed by atoms with Gasteiger partial charge >= 0.3 is 5.97 Å². The monoisotopic (exact) mass is 391 g/mol. The minimum Gasteiger partial charge on any atom is -0.452 e. The van der Waals surface area contributed by atoms with Crippen molar-refractivity contribution in [1.82, 2.24) is 0 Å². The zero-order valence-electron chi connectivity index (χ0n) is 14.5. The largest absolute Gasteiger partial charge is 0.452 e. The molecule has 0 aromatic heterocycles. The van der Waals surface area contributed by atoms with E-state index in [4.69, 9.17) is 27.9 Å². The molecule has 0 saturated heterocycles. The molecule has 4 nitrogen and oxygen atoms in total. The van der Waals surface area contributed by atoms with Crippen LogP contribution in [0.2, 0.25) is 10.0 Å². The van der Waals surface area contributed by atoms with Gasteiger partial charge in [-0.25, -0.2) is 4.79 Å². The van der Waals surface area contributed by atoms with E-state index in [1.165, 1.54) is 12.2 Å². The summed E-state index contributed by atoms with van der Waals surface area (Å²) in [5, 5.41) is 3.59. The lowest BCUT2D eigenvalue weighted by Gasteiger charge is -2.13. The molecule has 6 heteroatoms. The zero-order valence-corrected chi connectivity index (χ0v) is 16.0. The summed E-state index contributed by atoms with van der Waals surface area (Å²) in [7, 11) is 0. The number of anilines is 1. The normalized spacial score (nSPS) is 11.0. The average molecular weight is 392 g/mol. The van der Waals surface area contributed by atoms with Crippen molar-refractivity contribution >= 4 is 46.8 Å². The van der Waals surface area contributed by atoms with Gasteiger partial charge in [0.2, 0.25) is 0 Å². The van der Waals surface area contributed by atoms with Crippen LogP contribution in [0.3, 0.4) is 0 Å². The minimum atomic E-state index is -0.622. The highest BCUT2D eigenvalue weighted by atomic mass is 35.5. The molecule has 0 spiro atoms. The van der Waals surface area contributed by atoms with Crippen LogP contribution in [0.25, 0.3) is 6.08 Å². The van der Waals surface area contributed by atoms with E-state index in [0.717, 1.165) is 11.3 Å². The number of hydrogen-bond donors (Lipinski definition) is 1. The van der Waals surface area contributed by atoms with Crippen molar-refractivity contribution in [3.8, 4) is 0 Å². The van der Waals surface area contributed by atoms with Crippen molar-refractivity contribution in [2.24, 2.45) is 0 Å². The molecule has 0 radical (unpaired) electrons. The maximum atomic E-state index is 12.0. The lowest BCUT2D eigenvalue weighted by molar-refractivity contribution is -0.142. The summed E-state index contributed by atoms with van der Waals surface area (Å²) in [6.07, 6.45) is 2.77. The highest BCUT2D eigenvalue weighted by Crippen LogP contribution is 2.24. The van der Waals surface area contributed by atoms with Crippen LogP contribution in [0, 0.1) is 0 Å². The predicted molar refractivity (Wildman–Crippen MR) is 106 cm³/mol. The molecule has 0 atom stereocenters. The standard InChI is InChI=1S/C20H19Cl2NO3/c1-13(2)15-5-3-4-6-18(15)23-19(24)12-26-20(25)10-8-14-7-9-16(21)17(22)11-14/h3-11,13H,12H2,1-2H3,(H,23,24). The molecule has 0 aliphatic heterocycles. The van der Waals surface area contributed by atoms with Crippen LogP contribution in [-0.2, 0) is 14.3 Å². The average Bonchev–Trinajstić information content (AvgIpc) is 2.61. The number of ether oxygens (including phenoxy) is 1. The minimum absolute atomic E-state index is 0.267. The number of rotatable bonds is 6. The van der Waals surface area contributed by atoms with E-state index in [0.29, 0.717) is 15.6 Å². The van der Waals surface area contributed by atoms with Gasteiger partial charge in [0.1, 0.15) is 0 Å². The van der Waals surface area contributed by atoms with Crippen molar-refractivity contribution in [2.75, 3.05) is 11.9 Å². The lowest BCUT2D eigenvalue weighted by Crippen LogP contribution is -2.21. The number of halogens is 2. The third-order valence-electron chi connectivity index (χ3n) is 3.56. The maximum absolute atomic E-state index is 12.0. The van der Waals surface area contributed by atoms with E-state index >= 15 is 0 Å². The third-order valence-corrected chi connectivity index (χ3v) is 4.30. The zero-order chi connectivity index (χ0) is 19.1. The van der Waals surface area contributed by atoms with E-state index in [2.05, 4.69) is 5.32 Å². The Morgan fingerprint density at radius 1 is 1.12 bits per heavy atom. The summed E-state index contributed by atoms with van der Waals surface area (Å²) in [5.74, 6) is -0.749. The Morgan fingerprint density at radius 2 is 1.85 bits per heavy atom. The molecule has 2 rings (SSSR count). The van der Waals surface area contributed by atoms with Gasteiger partial charge in [-0.2, -0.15) is 0 Å². The number of carbonyl (C=O) groups excluding carboxylic acids is 2. The lowest BCUT2D eigenvalue weighted by atomic mass is 10.0. The summed E-state index contributed by atoms with van der Waals surface area (Å²) in [4.78, 5) is 23.8. The van der Waals surface area contributed by atoms with Crippen LogP contribution in [0.15, 0.2) is 48.5 Å². The molecule has 0 saturated carbocycles. The summed E-state index contributed by atoms with van der Waals surface area (Å²) in [6, 6.07) is 12.5. The fraction of sp³-hybridized carbons (Fsp3) is 0.200. The Hall–Kier alpha value is -2.30. The molecule has 136 valence electrons. The van der Waals surface area contributed by atoms with E-state index in [-0.39, 0.29) is 12.5 Å². The molecular weight excluding hydrogens is 373 g/mol. The molecule has 26 heavy (non-hydrogen) atoms. The summed E-state index contributed by atoms with van der Waals surface area (Å²) < 4.78 is 4.96. The molecule has 1 amide bonds. The van der Waals surface area contributed by atoms with Crippen molar-refractivity contribution in [1.29, 1.82) is 0 Å². The second kappa shape index (κ2) is 9.41. The van der Waals surface area contributed by atoms with Crippen LogP contribution in [0.4, 0.5) is 5.69 Å². The highest BCUT2D eigenvalue weighted by molar-refractivity contribution is 6.42. The topological polar surface area (TPSA) is 55.4 Å². The first-order chi connectivity index (χ1) is 12.4. The SMILES string of the molecule is CC(C)c1ccccc1NC(=O)COC(=O)C=Cc1ccc(Cl)c(Cl)c1. The highest BCUT2D eigenvalue weighted by Gasteiger charge is 2.10. The van der Waals surface area contributed by atoms with Gasteiger partial charge in [0, 0.05) is 11.8 Å². The number of nitrogens with one attached hydrogen (secondary N) is 1. The van der Waals surface area contributed by atoms with E-state index in [1.54, 1.807) is 18.2 Å². The van der Waals surface area contributed by atoms with Gasteiger partial charge in [-0.1, -0.05) is 61.3 Å². The first-order valence-corrected chi connectivity index (χ1v) is 8.81. The Morgan fingerprint density at radius 3 is 2.54 bits per heavy atom. The summed E-state index contributed by atoms with van der Waals surface area (Å²) >= 11 is 11.7. The van der Waals surface area contributed by atoms with Crippen LogP contribution in [-0.4, -0.2) is 18.5 Å². The van der Waals surface area contributed by atoms with Gasteiger partial charge in [-0.3, -0.25) is 4.79 Å². The van der Waals surface area contributed by atoms with Gasteiger partial charge in [0.15, 0.2) is 6.61 Å². The van der Waals surface area contributed by atoms with Crippen LogP contribution >= 0.6 is 23.2 Å². The number of amides is 1. The quantitative estimate of drug-likeness (QED) is 0.535. The Balaban J connectivity index is 1.88. The van der Waals surface area contributed by atoms with Gasteiger partial charge < -0.3 is 10.1 Å². The number of carbonyl (C=O) groups is 2. The number of esters is 1. The second-order valence-corrected chi connectivity index (χ2v) is 6.72. The fourth-order valence-electron chi connectivity index (χ4n) is 2.27. The Bertz CT molecular complexity index is 832. The second-order valence-electron chi connectivity index (χ2n) is 5.90. The van der Waals surface area contributed by atoms with Crippen LogP contribution < -0.4 is 5.32 Å². The predicted octanol–water partition coefficient (Wildman–Crippen LogP) is 5.31. The van der Waals surface area contributed by atoms with Crippen LogP contribution in [0.5, 0.6) is 0 Å². The van der Waals surface area contributed by atoms with E-state index < -0.39 is 11.9 Å². The van der Waals surface area contributed by atoms with Crippen LogP contribution in [0.1, 0.15) is 30.9 Å². The summed E-state index contributed by atoms with van der Waals surface area (Å²) in [6.45, 7) is 3.72. The summed E-state index contributed by atoms with van der Waals surface area (Å²) in [5.41, 5.74) is 2.44. The first kappa shape index (κ1) is 20.0. The van der Waals surface area contributed by atoms with Crippen molar-refractivity contribution in [3.63, 3.8) is 0 Å². The number of benzene rings is 2. The molecule has 2 aromatic rings. The molecule has 2 aromatic carbocycles. The molecule has 1 N–H and O–H groups in total. The van der Waals surface area contributed by atoms with Gasteiger partial charge in [-0.15, -0.1) is 0 Å². The Kier molecular flexibility index (Phi) is 7.25. The van der Waals surface area contributed by atoms with E-state index in [9.17, 15) is 9.59 Å². The Labute approximate surface area is 162 Å². The van der Waals surface area contributed by atoms with Gasteiger partial charge in [-0.05, 0) is 41.3 Å². The van der Waals surface area contributed by atoms with E-state index in [1.807, 2.05) is 38.1 Å². The van der Waals surface area contributed by atoms with Crippen molar-refractivity contribution in [2.45, 2.75) is 19.8 Å². The maximum Gasteiger partial charge on any atom is 0.331 e.